The minimum absolute atomic E-state index is 0.0561. The van der Waals surface area contributed by atoms with E-state index in [1.54, 1.807) is 12.1 Å². The van der Waals surface area contributed by atoms with Crippen LogP contribution in [-0.2, 0) is 0 Å². The molecule has 1 aromatic carbocycles. The van der Waals surface area contributed by atoms with Crippen molar-refractivity contribution < 1.29 is 19.5 Å². The summed E-state index contributed by atoms with van der Waals surface area (Å²) < 4.78 is 10.3. The molecule has 1 fully saturated rings. The fraction of sp³-hybridized carbons (Fsp3) is 0.385. The zero-order valence-corrected chi connectivity index (χ0v) is 10.9. The SMILES string of the molecule is COc1cc(-c2noc([C@@H]3C[C@@H](O)CN3)n2)ccc1O. The first kappa shape index (κ1) is 12.9. The highest BCUT2D eigenvalue weighted by Gasteiger charge is 2.28. The van der Waals surface area contributed by atoms with Crippen LogP contribution in [0.2, 0.25) is 0 Å². The molecule has 0 aliphatic carbocycles. The number of rotatable bonds is 3. The molecule has 0 radical (unpaired) electrons. The second kappa shape index (κ2) is 5.10. The van der Waals surface area contributed by atoms with E-state index >= 15 is 0 Å². The lowest BCUT2D eigenvalue weighted by Gasteiger charge is -2.04. The van der Waals surface area contributed by atoms with Gasteiger partial charge in [-0.05, 0) is 24.6 Å². The maximum atomic E-state index is 9.56. The normalized spacial score (nSPS) is 22.1. The number of aromatic nitrogens is 2. The van der Waals surface area contributed by atoms with Gasteiger partial charge in [0, 0.05) is 12.1 Å². The van der Waals surface area contributed by atoms with Crippen LogP contribution in [0.15, 0.2) is 22.7 Å². The molecule has 0 unspecified atom stereocenters. The van der Waals surface area contributed by atoms with E-state index < -0.39 is 0 Å². The smallest absolute Gasteiger partial charge is 0.244 e. The number of methoxy groups -OCH3 is 1. The number of hydrogen-bond acceptors (Lipinski definition) is 7. The molecule has 3 N–H and O–H groups in total. The zero-order valence-electron chi connectivity index (χ0n) is 10.9. The van der Waals surface area contributed by atoms with Gasteiger partial charge < -0.3 is 24.8 Å². The molecule has 3 rings (SSSR count). The summed E-state index contributed by atoms with van der Waals surface area (Å²) in [4.78, 5) is 4.31. The van der Waals surface area contributed by atoms with E-state index in [9.17, 15) is 10.2 Å². The predicted octanol–water partition coefficient (Wildman–Crippen LogP) is 0.846. The van der Waals surface area contributed by atoms with E-state index in [1.165, 1.54) is 13.2 Å². The van der Waals surface area contributed by atoms with Gasteiger partial charge in [0.05, 0.1) is 19.3 Å². The van der Waals surface area contributed by atoms with E-state index in [2.05, 4.69) is 15.5 Å². The van der Waals surface area contributed by atoms with Crippen LogP contribution in [0, 0.1) is 0 Å². The molecule has 7 nitrogen and oxygen atoms in total. The lowest BCUT2D eigenvalue weighted by molar-refractivity contribution is 0.191. The topological polar surface area (TPSA) is 101 Å². The van der Waals surface area contributed by atoms with Crippen LogP contribution in [0.5, 0.6) is 11.5 Å². The van der Waals surface area contributed by atoms with E-state index in [1.807, 2.05) is 0 Å². The Hall–Kier alpha value is -2.12. The molecule has 2 aromatic rings. The molecule has 1 aliphatic rings. The first-order valence-electron chi connectivity index (χ1n) is 6.30. The van der Waals surface area contributed by atoms with Crippen molar-refractivity contribution in [2.45, 2.75) is 18.6 Å². The average molecular weight is 277 g/mol. The van der Waals surface area contributed by atoms with Gasteiger partial charge >= 0.3 is 0 Å². The second-order valence-electron chi connectivity index (χ2n) is 4.69. The number of aliphatic hydroxyl groups excluding tert-OH is 1. The average Bonchev–Trinajstić information content (AvgIpc) is 3.08. The number of aromatic hydroxyl groups is 1. The number of ether oxygens (including phenoxy) is 1. The van der Waals surface area contributed by atoms with Crippen molar-refractivity contribution in [3.8, 4) is 22.9 Å². The highest BCUT2D eigenvalue weighted by atomic mass is 16.5. The number of β-amino-alcohol motifs (C(OH)–C–C–N with tert-alkyl or cyclic N) is 1. The van der Waals surface area contributed by atoms with Crippen LogP contribution < -0.4 is 10.1 Å². The van der Waals surface area contributed by atoms with Gasteiger partial charge in [-0.25, -0.2) is 0 Å². The molecule has 0 bridgehead atoms. The summed E-state index contributed by atoms with van der Waals surface area (Å²) in [6.45, 7) is 0.523. The summed E-state index contributed by atoms with van der Waals surface area (Å²) in [5, 5.41) is 26.1. The zero-order chi connectivity index (χ0) is 14.1. The summed E-state index contributed by atoms with van der Waals surface area (Å²) in [5.74, 6) is 1.27. The Labute approximate surface area is 115 Å². The molecule has 1 aromatic heterocycles. The monoisotopic (exact) mass is 277 g/mol. The standard InChI is InChI=1S/C13H15N3O4/c1-19-11-4-7(2-3-10(11)18)12-15-13(20-16-12)9-5-8(17)6-14-9/h2-4,8-9,14,17-18H,5-6H2,1H3/t8-,9+/m1/s1. The van der Waals surface area contributed by atoms with Crippen molar-refractivity contribution in [3.05, 3.63) is 24.1 Å². The van der Waals surface area contributed by atoms with Crippen LogP contribution in [0.1, 0.15) is 18.4 Å². The molecule has 1 saturated heterocycles. The van der Waals surface area contributed by atoms with Gasteiger partial charge in [0.1, 0.15) is 0 Å². The van der Waals surface area contributed by atoms with Crippen molar-refractivity contribution in [2.24, 2.45) is 0 Å². The summed E-state index contributed by atoms with van der Waals surface area (Å²) in [7, 11) is 1.48. The van der Waals surface area contributed by atoms with Gasteiger partial charge in [0.25, 0.3) is 0 Å². The maximum absolute atomic E-state index is 9.56. The number of aliphatic hydroxyl groups is 1. The number of phenolic OH excluding ortho intramolecular Hbond substituents is 1. The summed E-state index contributed by atoms with van der Waals surface area (Å²) in [6.07, 6.45) is 0.171. The largest absolute Gasteiger partial charge is 0.504 e. The Morgan fingerprint density at radius 1 is 1.45 bits per heavy atom. The first-order valence-corrected chi connectivity index (χ1v) is 6.30. The summed E-state index contributed by atoms with van der Waals surface area (Å²) in [6, 6.07) is 4.72. The van der Waals surface area contributed by atoms with Gasteiger partial charge in [-0.3, -0.25) is 0 Å². The highest BCUT2D eigenvalue weighted by molar-refractivity contribution is 5.60. The van der Waals surface area contributed by atoms with Gasteiger partial charge in [0.2, 0.25) is 11.7 Å². The third kappa shape index (κ3) is 2.33. The molecule has 7 heteroatoms. The quantitative estimate of drug-likeness (QED) is 0.764. The van der Waals surface area contributed by atoms with Gasteiger partial charge in [-0.15, -0.1) is 0 Å². The Morgan fingerprint density at radius 3 is 3.00 bits per heavy atom. The lowest BCUT2D eigenvalue weighted by atomic mass is 10.2. The third-order valence-corrected chi connectivity index (χ3v) is 3.29. The molecule has 2 atom stereocenters. The van der Waals surface area contributed by atoms with Crippen molar-refractivity contribution in [1.82, 2.24) is 15.5 Å². The fourth-order valence-electron chi connectivity index (χ4n) is 2.22. The third-order valence-electron chi connectivity index (χ3n) is 3.29. The van der Waals surface area contributed by atoms with Crippen LogP contribution in [-0.4, -0.2) is 40.1 Å². The van der Waals surface area contributed by atoms with Gasteiger partial charge in [0.15, 0.2) is 11.5 Å². The Balaban J connectivity index is 1.86. The molecule has 20 heavy (non-hydrogen) atoms. The van der Waals surface area contributed by atoms with E-state index in [0.29, 0.717) is 36.0 Å². The molecular formula is C13H15N3O4. The van der Waals surface area contributed by atoms with Crippen molar-refractivity contribution >= 4 is 0 Å². The molecular weight excluding hydrogens is 262 g/mol. The molecule has 0 amide bonds. The first-order chi connectivity index (χ1) is 9.67. The molecule has 0 spiro atoms. The molecule has 1 aliphatic heterocycles. The van der Waals surface area contributed by atoms with E-state index in [-0.39, 0.29) is 17.9 Å². The van der Waals surface area contributed by atoms with Crippen LogP contribution in [0.4, 0.5) is 0 Å². The molecule has 0 saturated carbocycles. The van der Waals surface area contributed by atoms with Crippen LogP contribution in [0.25, 0.3) is 11.4 Å². The van der Waals surface area contributed by atoms with E-state index in [0.717, 1.165) is 0 Å². The van der Waals surface area contributed by atoms with E-state index in [4.69, 9.17) is 9.26 Å². The highest BCUT2D eigenvalue weighted by Crippen LogP contribution is 2.31. The van der Waals surface area contributed by atoms with Crippen molar-refractivity contribution in [1.29, 1.82) is 0 Å². The maximum Gasteiger partial charge on any atom is 0.244 e. The van der Waals surface area contributed by atoms with Crippen molar-refractivity contribution in [3.63, 3.8) is 0 Å². The lowest BCUT2D eigenvalue weighted by Crippen LogP contribution is -2.15. The van der Waals surface area contributed by atoms with Crippen LogP contribution in [0.3, 0.4) is 0 Å². The minimum atomic E-state index is -0.385. The van der Waals surface area contributed by atoms with Gasteiger partial charge in [-0.1, -0.05) is 5.16 Å². The number of nitrogens with one attached hydrogen (secondary N) is 1. The number of phenols is 1. The van der Waals surface area contributed by atoms with Crippen molar-refractivity contribution in [2.75, 3.05) is 13.7 Å². The van der Waals surface area contributed by atoms with Gasteiger partial charge in [-0.2, -0.15) is 4.98 Å². The Bertz CT molecular complexity index is 613. The number of hydrogen-bond donors (Lipinski definition) is 3. The molecule has 106 valence electrons. The Morgan fingerprint density at radius 2 is 2.30 bits per heavy atom. The molecule has 2 heterocycles. The number of nitrogens with zero attached hydrogens (tertiary/aromatic N) is 2. The predicted molar refractivity (Wildman–Crippen MR) is 69.3 cm³/mol. The fourth-order valence-corrected chi connectivity index (χ4v) is 2.22. The summed E-state index contributed by atoms with van der Waals surface area (Å²) in [5.41, 5.74) is 0.688. The summed E-state index contributed by atoms with van der Waals surface area (Å²) >= 11 is 0. The number of benzene rings is 1. The Kier molecular flexibility index (Phi) is 3.29. The second-order valence-corrected chi connectivity index (χ2v) is 4.69. The minimum Gasteiger partial charge on any atom is -0.504 e. The van der Waals surface area contributed by atoms with Crippen LogP contribution >= 0.6 is 0 Å².